The van der Waals surface area contributed by atoms with Gasteiger partial charge in [-0.15, -0.1) is 11.8 Å². The van der Waals surface area contributed by atoms with Gasteiger partial charge in [-0.2, -0.15) is 0 Å². The maximum absolute atomic E-state index is 13.6. The molecule has 0 saturated heterocycles. The summed E-state index contributed by atoms with van der Waals surface area (Å²) in [5, 5.41) is 9.04. The van der Waals surface area contributed by atoms with Gasteiger partial charge in [0.15, 0.2) is 0 Å². The van der Waals surface area contributed by atoms with Gasteiger partial charge >= 0.3 is 0 Å². The zero-order valence-corrected chi connectivity index (χ0v) is 27.0. The molecule has 3 amide bonds. The van der Waals surface area contributed by atoms with Crippen molar-refractivity contribution < 1.29 is 14.4 Å². The molecule has 0 bridgehead atoms. The average molecular weight is 667 g/mol. The van der Waals surface area contributed by atoms with Crippen LogP contribution in [0.2, 0.25) is 10.0 Å². The van der Waals surface area contributed by atoms with Crippen molar-refractivity contribution in [3.63, 3.8) is 0 Å². The molecule has 9 heteroatoms. The van der Waals surface area contributed by atoms with E-state index in [-0.39, 0.29) is 11.6 Å². The first-order valence-corrected chi connectivity index (χ1v) is 15.9. The number of rotatable bonds is 10. The van der Waals surface area contributed by atoms with Gasteiger partial charge in [0.05, 0.1) is 0 Å². The second-order valence-corrected chi connectivity index (χ2v) is 12.2. The first-order valence-electron chi connectivity index (χ1n) is 14.3. The van der Waals surface area contributed by atoms with Crippen LogP contribution in [0.3, 0.4) is 0 Å². The van der Waals surface area contributed by atoms with Crippen LogP contribution in [0.1, 0.15) is 32.3 Å². The number of thioether (sulfide) groups is 1. The molecular weight excluding hydrogens is 637 g/mol. The molecular formula is C37H29Cl2N3O3S. The molecule has 46 heavy (non-hydrogen) atoms. The van der Waals surface area contributed by atoms with Gasteiger partial charge < -0.3 is 16.0 Å². The Bertz CT molecular complexity index is 1880. The minimum absolute atomic E-state index is 0.0255. The SMILES string of the molecule is Cc1c(Cl)cccc1NC(=O)C(Sc1ccc(NC(=O)/C(=C/c2ccccc2Cl)NC(=O)c2ccccc2)cc1)c1ccccc1. The summed E-state index contributed by atoms with van der Waals surface area (Å²) in [7, 11) is 0. The smallest absolute Gasteiger partial charge is 0.272 e. The molecule has 1 atom stereocenters. The lowest BCUT2D eigenvalue weighted by Crippen LogP contribution is -2.30. The fourth-order valence-corrected chi connectivity index (χ4v) is 5.87. The fourth-order valence-electron chi connectivity index (χ4n) is 4.48. The number of halogens is 2. The van der Waals surface area contributed by atoms with Crippen molar-refractivity contribution in [2.45, 2.75) is 17.1 Å². The van der Waals surface area contributed by atoms with E-state index in [0.29, 0.717) is 32.5 Å². The summed E-state index contributed by atoms with van der Waals surface area (Å²) in [5.41, 5.74) is 3.79. The molecule has 0 radical (unpaired) electrons. The van der Waals surface area contributed by atoms with Gasteiger partial charge in [-0.25, -0.2) is 0 Å². The van der Waals surface area contributed by atoms with E-state index in [2.05, 4.69) is 16.0 Å². The van der Waals surface area contributed by atoms with E-state index in [1.807, 2.05) is 55.5 Å². The number of benzene rings is 5. The van der Waals surface area contributed by atoms with Crippen molar-refractivity contribution in [2.24, 2.45) is 0 Å². The van der Waals surface area contributed by atoms with Gasteiger partial charge in [-0.05, 0) is 84.3 Å². The standard InChI is InChI=1S/C37H29Cl2N3O3S/c1-24-30(38)17-10-18-32(24)41-37(45)34(25-11-4-2-5-12-25)46-29-21-19-28(20-22-29)40-36(44)33(23-27-15-8-9-16-31(27)39)42-35(43)26-13-6-3-7-14-26/h2-23,34H,1H3,(H,40,44)(H,41,45)(H,42,43)/b33-23-. The molecule has 5 rings (SSSR count). The molecule has 0 spiro atoms. The highest BCUT2D eigenvalue weighted by molar-refractivity contribution is 8.00. The summed E-state index contributed by atoms with van der Waals surface area (Å²) in [6.45, 7) is 1.86. The monoisotopic (exact) mass is 665 g/mol. The summed E-state index contributed by atoms with van der Waals surface area (Å²) >= 11 is 14.0. The van der Waals surface area contributed by atoms with E-state index in [0.717, 1.165) is 16.0 Å². The van der Waals surface area contributed by atoms with Crippen molar-refractivity contribution in [3.8, 4) is 0 Å². The molecule has 1 unspecified atom stereocenters. The molecule has 0 fully saturated rings. The molecule has 0 aliphatic rings. The lowest BCUT2D eigenvalue weighted by atomic mass is 10.1. The molecule has 0 aliphatic carbocycles. The van der Waals surface area contributed by atoms with Gasteiger partial charge in [0.25, 0.3) is 11.8 Å². The third-order valence-corrected chi connectivity index (χ3v) is 8.99. The number of amides is 3. The van der Waals surface area contributed by atoms with Gasteiger partial charge in [-0.3, -0.25) is 14.4 Å². The van der Waals surface area contributed by atoms with E-state index < -0.39 is 17.1 Å². The van der Waals surface area contributed by atoms with Crippen LogP contribution < -0.4 is 16.0 Å². The second kappa shape index (κ2) is 15.5. The molecule has 0 aromatic heterocycles. The minimum Gasteiger partial charge on any atom is -0.325 e. The summed E-state index contributed by atoms with van der Waals surface area (Å²) in [6.07, 6.45) is 1.54. The Kier molecular flexibility index (Phi) is 10.9. The van der Waals surface area contributed by atoms with Gasteiger partial charge in [0, 0.05) is 31.9 Å². The number of hydrogen-bond acceptors (Lipinski definition) is 4. The van der Waals surface area contributed by atoms with Crippen molar-refractivity contribution in [2.75, 3.05) is 10.6 Å². The first kappa shape index (κ1) is 32.6. The van der Waals surface area contributed by atoms with Crippen LogP contribution in [-0.2, 0) is 9.59 Å². The topological polar surface area (TPSA) is 87.3 Å². The summed E-state index contributed by atoms with van der Waals surface area (Å²) in [6, 6.07) is 37.7. The molecule has 230 valence electrons. The summed E-state index contributed by atoms with van der Waals surface area (Å²) < 4.78 is 0. The highest BCUT2D eigenvalue weighted by Crippen LogP contribution is 2.37. The first-order chi connectivity index (χ1) is 22.3. The highest BCUT2D eigenvalue weighted by atomic mass is 35.5. The quantitative estimate of drug-likeness (QED) is 0.103. The Morgan fingerprint density at radius 2 is 1.33 bits per heavy atom. The Hall–Kier alpha value is -4.82. The van der Waals surface area contributed by atoms with Crippen molar-refractivity contribution >= 4 is 70.1 Å². The Morgan fingerprint density at radius 1 is 0.696 bits per heavy atom. The number of nitrogens with one attached hydrogen (secondary N) is 3. The van der Waals surface area contributed by atoms with Crippen molar-refractivity contribution in [1.82, 2.24) is 5.32 Å². The fraction of sp³-hybridized carbons (Fsp3) is 0.0541. The van der Waals surface area contributed by atoms with Crippen LogP contribution in [0.5, 0.6) is 0 Å². The van der Waals surface area contributed by atoms with Crippen LogP contribution in [0.4, 0.5) is 11.4 Å². The third-order valence-electron chi connectivity index (χ3n) is 6.97. The van der Waals surface area contributed by atoms with Crippen LogP contribution in [-0.4, -0.2) is 17.7 Å². The number of carbonyl (C=O) groups is 3. The van der Waals surface area contributed by atoms with E-state index in [4.69, 9.17) is 23.2 Å². The van der Waals surface area contributed by atoms with E-state index >= 15 is 0 Å². The van der Waals surface area contributed by atoms with Crippen molar-refractivity contribution in [3.05, 3.63) is 165 Å². The third kappa shape index (κ3) is 8.46. The van der Waals surface area contributed by atoms with Crippen LogP contribution in [0.25, 0.3) is 6.08 Å². The van der Waals surface area contributed by atoms with Gasteiger partial charge in [-0.1, -0.05) is 96.0 Å². The number of hydrogen-bond donors (Lipinski definition) is 3. The maximum atomic E-state index is 13.6. The molecule has 0 heterocycles. The molecule has 0 saturated carbocycles. The zero-order valence-electron chi connectivity index (χ0n) is 24.7. The molecule has 5 aromatic rings. The molecule has 6 nitrogen and oxygen atoms in total. The van der Waals surface area contributed by atoms with Crippen molar-refractivity contribution in [1.29, 1.82) is 0 Å². The van der Waals surface area contributed by atoms with Crippen LogP contribution >= 0.6 is 35.0 Å². The number of anilines is 2. The largest absolute Gasteiger partial charge is 0.325 e. The summed E-state index contributed by atoms with van der Waals surface area (Å²) in [4.78, 5) is 40.8. The number of carbonyl (C=O) groups excluding carboxylic acids is 3. The van der Waals surface area contributed by atoms with Gasteiger partial charge in [0.1, 0.15) is 10.9 Å². The molecule has 5 aromatic carbocycles. The normalized spacial score (nSPS) is 11.8. The minimum atomic E-state index is -0.557. The maximum Gasteiger partial charge on any atom is 0.272 e. The summed E-state index contributed by atoms with van der Waals surface area (Å²) in [5.74, 6) is -1.15. The Labute approximate surface area is 281 Å². The predicted molar refractivity (Wildman–Crippen MR) is 188 cm³/mol. The highest BCUT2D eigenvalue weighted by Gasteiger charge is 2.23. The van der Waals surface area contributed by atoms with E-state index in [1.165, 1.54) is 17.8 Å². The molecule has 0 aliphatic heterocycles. The molecule has 3 N–H and O–H groups in total. The van der Waals surface area contributed by atoms with Crippen LogP contribution in [0.15, 0.2) is 138 Å². The second-order valence-electron chi connectivity index (χ2n) is 10.2. The predicted octanol–water partition coefficient (Wildman–Crippen LogP) is 9.18. The van der Waals surface area contributed by atoms with Crippen LogP contribution in [0, 0.1) is 6.92 Å². The average Bonchev–Trinajstić information content (AvgIpc) is 3.07. The van der Waals surface area contributed by atoms with E-state index in [9.17, 15) is 14.4 Å². The lowest BCUT2D eigenvalue weighted by Gasteiger charge is -2.18. The Balaban J connectivity index is 1.34. The van der Waals surface area contributed by atoms with E-state index in [1.54, 1.807) is 78.9 Å². The lowest BCUT2D eigenvalue weighted by molar-refractivity contribution is -0.116. The van der Waals surface area contributed by atoms with Gasteiger partial charge in [0.2, 0.25) is 5.91 Å². The zero-order chi connectivity index (χ0) is 32.5. The Morgan fingerprint density at radius 3 is 2.02 bits per heavy atom.